The van der Waals surface area contributed by atoms with Crippen molar-refractivity contribution in [2.45, 2.75) is 12.1 Å². The van der Waals surface area contributed by atoms with Gasteiger partial charge in [0, 0.05) is 41.6 Å². The number of ketones is 1. The Balaban J connectivity index is 1.40. The van der Waals surface area contributed by atoms with Crippen LogP contribution in [0.25, 0.3) is 10.9 Å². The van der Waals surface area contributed by atoms with Gasteiger partial charge in [0.2, 0.25) is 11.7 Å². The third kappa shape index (κ3) is 4.98. The predicted molar refractivity (Wildman–Crippen MR) is 127 cm³/mol. The minimum Gasteiger partial charge on any atom is -0.454 e. The summed E-state index contributed by atoms with van der Waals surface area (Å²) in [5.41, 5.74) is 2.57. The van der Waals surface area contributed by atoms with E-state index in [1.165, 1.54) is 11.8 Å². The van der Waals surface area contributed by atoms with E-state index in [0.29, 0.717) is 16.4 Å². The highest BCUT2D eigenvalue weighted by Crippen LogP contribution is 2.23. The second-order valence-electron chi connectivity index (χ2n) is 7.37. The summed E-state index contributed by atoms with van der Waals surface area (Å²) in [4.78, 5) is 45.2. The number of thioether (sulfide) groups is 1. The number of carbonyl (C=O) groups is 3. The summed E-state index contributed by atoms with van der Waals surface area (Å²) in [5, 5.41) is 4.23. The number of hydrogen-bond donors (Lipinski definition) is 2. The number of Topliss-reactive ketones (excluding diaryl/α,β-unsaturated/α-hetero) is 1. The highest BCUT2D eigenvalue weighted by atomic mass is 32.2. The molecule has 0 saturated heterocycles. The second-order valence-corrected chi connectivity index (χ2v) is 8.32. The molecule has 4 rings (SSSR count). The topological polar surface area (TPSA) is 106 Å². The lowest BCUT2D eigenvalue weighted by Crippen LogP contribution is -2.19. The van der Waals surface area contributed by atoms with Gasteiger partial charge in [-0.3, -0.25) is 9.59 Å². The van der Waals surface area contributed by atoms with Gasteiger partial charge in [-0.05, 0) is 25.1 Å². The van der Waals surface area contributed by atoms with Crippen LogP contribution in [0.2, 0.25) is 0 Å². The van der Waals surface area contributed by atoms with Gasteiger partial charge in [0.25, 0.3) is 0 Å². The lowest BCUT2D eigenvalue weighted by Gasteiger charge is -2.11. The molecule has 0 atom stereocenters. The standard InChI is InChI=1S/C24H22N4O4S/c1-15-22(16-7-3-5-9-18(16)26-15)20(29)13-32-23(31)17-8-4-6-10-19(17)27-21(30)14-33-24-25-11-12-28(24)2/h3-12,26H,13-14H2,1-2H3,(H,27,30). The van der Waals surface area contributed by atoms with E-state index in [1.54, 1.807) is 36.7 Å². The van der Waals surface area contributed by atoms with Crippen LogP contribution in [0, 0.1) is 6.92 Å². The number of carbonyl (C=O) groups excluding carboxylic acids is 3. The Morgan fingerprint density at radius 3 is 2.67 bits per heavy atom. The van der Waals surface area contributed by atoms with Gasteiger partial charge in [0.1, 0.15) is 0 Å². The fourth-order valence-electron chi connectivity index (χ4n) is 3.49. The first-order valence-corrected chi connectivity index (χ1v) is 11.2. The first-order chi connectivity index (χ1) is 15.9. The fourth-order valence-corrected chi connectivity index (χ4v) is 4.23. The molecule has 0 unspecified atom stereocenters. The predicted octanol–water partition coefficient (Wildman–Crippen LogP) is 3.98. The number of aromatic nitrogens is 3. The number of aryl methyl sites for hydroxylation is 2. The van der Waals surface area contributed by atoms with Crippen LogP contribution in [0.1, 0.15) is 26.4 Å². The highest BCUT2D eigenvalue weighted by molar-refractivity contribution is 7.99. The number of benzene rings is 2. The summed E-state index contributed by atoms with van der Waals surface area (Å²) in [6, 6.07) is 14.0. The zero-order valence-corrected chi connectivity index (χ0v) is 18.9. The van der Waals surface area contributed by atoms with E-state index in [0.717, 1.165) is 16.6 Å². The van der Waals surface area contributed by atoms with E-state index in [2.05, 4.69) is 15.3 Å². The van der Waals surface area contributed by atoms with E-state index >= 15 is 0 Å². The molecule has 0 saturated carbocycles. The Hall–Kier alpha value is -3.85. The highest BCUT2D eigenvalue weighted by Gasteiger charge is 2.20. The molecule has 1 amide bonds. The Bertz CT molecular complexity index is 1340. The molecule has 0 fully saturated rings. The smallest absolute Gasteiger partial charge is 0.340 e. The molecule has 4 aromatic rings. The van der Waals surface area contributed by atoms with Gasteiger partial charge in [-0.1, -0.05) is 42.1 Å². The van der Waals surface area contributed by atoms with Crippen molar-refractivity contribution in [3.63, 3.8) is 0 Å². The molecule has 0 aliphatic carbocycles. The maximum absolute atomic E-state index is 12.8. The number of esters is 1. The van der Waals surface area contributed by atoms with Gasteiger partial charge >= 0.3 is 5.97 Å². The minimum absolute atomic E-state index is 0.132. The van der Waals surface area contributed by atoms with Gasteiger partial charge in [0.15, 0.2) is 11.8 Å². The Labute approximate surface area is 194 Å². The van der Waals surface area contributed by atoms with Crippen LogP contribution in [0.5, 0.6) is 0 Å². The largest absolute Gasteiger partial charge is 0.454 e. The van der Waals surface area contributed by atoms with Crippen LogP contribution < -0.4 is 5.32 Å². The van der Waals surface area contributed by atoms with Crippen LogP contribution >= 0.6 is 11.8 Å². The molecular weight excluding hydrogens is 440 g/mol. The number of H-pyrrole nitrogens is 1. The molecule has 0 aliphatic rings. The Morgan fingerprint density at radius 1 is 1.12 bits per heavy atom. The normalized spacial score (nSPS) is 10.8. The number of nitrogens with zero attached hydrogens (tertiary/aromatic N) is 2. The molecule has 8 nitrogen and oxygen atoms in total. The molecule has 2 N–H and O–H groups in total. The van der Waals surface area contributed by atoms with Crippen molar-refractivity contribution in [2.24, 2.45) is 7.05 Å². The van der Waals surface area contributed by atoms with E-state index in [9.17, 15) is 14.4 Å². The summed E-state index contributed by atoms with van der Waals surface area (Å²) < 4.78 is 7.12. The Morgan fingerprint density at radius 2 is 1.88 bits per heavy atom. The third-order valence-corrected chi connectivity index (χ3v) is 6.10. The van der Waals surface area contributed by atoms with Gasteiger partial charge in [0.05, 0.1) is 17.0 Å². The maximum atomic E-state index is 12.8. The molecule has 2 heterocycles. The molecule has 9 heteroatoms. The van der Waals surface area contributed by atoms with Gasteiger partial charge in [-0.25, -0.2) is 9.78 Å². The van der Waals surface area contributed by atoms with E-state index < -0.39 is 12.6 Å². The van der Waals surface area contributed by atoms with E-state index in [-0.39, 0.29) is 23.0 Å². The van der Waals surface area contributed by atoms with Crippen LogP contribution in [0.15, 0.2) is 66.1 Å². The summed E-state index contributed by atoms with van der Waals surface area (Å²) in [6.45, 7) is 1.40. The first kappa shape index (κ1) is 22.3. The van der Waals surface area contributed by atoms with E-state index in [4.69, 9.17) is 4.74 Å². The molecule has 0 spiro atoms. The monoisotopic (exact) mass is 462 g/mol. The van der Waals surface area contributed by atoms with E-state index in [1.807, 2.05) is 42.8 Å². The Kier molecular flexibility index (Phi) is 6.60. The number of amides is 1. The van der Waals surface area contributed by atoms with Gasteiger partial charge in [-0.2, -0.15) is 0 Å². The van der Waals surface area contributed by atoms with Crippen molar-refractivity contribution in [1.82, 2.24) is 14.5 Å². The van der Waals surface area contributed by atoms with Crippen molar-refractivity contribution < 1.29 is 19.1 Å². The van der Waals surface area contributed by atoms with Crippen LogP contribution in [-0.4, -0.2) is 44.6 Å². The van der Waals surface area contributed by atoms with Crippen molar-refractivity contribution in [3.05, 3.63) is 77.7 Å². The number of imidazole rings is 1. The van der Waals surface area contributed by atoms with Crippen molar-refractivity contribution in [2.75, 3.05) is 17.7 Å². The summed E-state index contributed by atoms with van der Waals surface area (Å²) in [5.74, 6) is -1.14. The number of ether oxygens (including phenoxy) is 1. The number of nitrogens with one attached hydrogen (secondary N) is 2. The van der Waals surface area contributed by atoms with Crippen LogP contribution in [-0.2, 0) is 16.6 Å². The van der Waals surface area contributed by atoms with Crippen LogP contribution in [0.3, 0.4) is 0 Å². The van der Waals surface area contributed by atoms with Crippen molar-refractivity contribution >= 4 is 46.0 Å². The maximum Gasteiger partial charge on any atom is 0.340 e. The van der Waals surface area contributed by atoms with Crippen LogP contribution in [0.4, 0.5) is 5.69 Å². The number of para-hydroxylation sites is 2. The molecular formula is C24H22N4O4S. The SMILES string of the molecule is Cc1[nH]c2ccccc2c1C(=O)COC(=O)c1ccccc1NC(=O)CSc1nccn1C. The molecule has 0 aliphatic heterocycles. The fraction of sp³-hybridized carbons (Fsp3) is 0.167. The molecule has 33 heavy (non-hydrogen) atoms. The number of rotatable bonds is 8. The third-order valence-electron chi connectivity index (χ3n) is 5.04. The molecule has 0 bridgehead atoms. The zero-order valence-electron chi connectivity index (χ0n) is 18.1. The number of aromatic amines is 1. The summed E-state index contributed by atoms with van der Waals surface area (Å²) in [6.07, 6.45) is 3.45. The number of anilines is 1. The average Bonchev–Trinajstić information content (AvgIpc) is 3.37. The van der Waals surface area contributed by atoms with Gasteiger partial charge in [-0.15, -0.1) is 0 Å². The quantitative estimate of drug-likeness (QED) is 0.233. The summed E-state index contributed by atoms with van der Waals surface area (Å²) in [7, 11) is 1.84. The summed E-state index contributed by atoms with van der Waals surface area (Å²) >= 11 is 1.29. The first-order valence-electron chi connectivity index (χ1n) is 10.2. The lowest BCUT2D eigenvalue weighted by molar-refractivity contribution is -0.113. The lowest BCUT2D eigenvalue weighted by atomic mass is 10.1. The molecule has 2 aromatic carbocycles. The number of fused-ring (bicyclic) bond motifs is 1. The second kappa shape index (κ2) is 9.74. The zero-order chi connectivity index (χ0) is 23.4. The number of hydrogen-bond acceptors (Lipinski definition) is 6. The molecule has 0 radical (unpaired) electrons. The minimum atomic E-state index is -0.687. The molecule has 168 valence electrons. The van der Waals surface area contributed by atoms with Gasteiger partial charge < -0.3 is 19.6 Å². The van der Waals surface area contributed by atoms with Crippen molar-refractivity contribution in [3.8, 4) is 0 Å². The van der Waals surface area contributed by atoms with Crippen molar-refractivity contribution in [1.29, 1.82) is 0 Å². The molecule has 2 aromatic heterocycles. The average molecular weight is 463 g/mol.